The minimum atomic E-state index is -4.62. The van der Waals surface area contributed by atoms with Crippen molar-refractivity contribution < 1.29 is 37.0 Å². The number of hydrogen-bond acceptors (Lipinski definition) is 7. The molecule has 2 aromatic rings. The number of amides is 1. The zero-order valence-electron chi connectivity index (χ0n) is 22.2. The van der Waals surface area contributed by atoms with E-state index in [0.29, 0.717) is 18.7 Å². The Balaban J connectivity index is 1.96. The highest BCUT2D eigenvalue weighted by molar-refractivity contribution is 7.89. The number of hydrogen-bond donors (Lipinski definition) is 4. The van der Waals surface area contributed by atoms with E-state index >= 15 is 0 Å². The number of nitrogen functional groups attached to an aromatic ring is 1. The van der Waals surface area contributed by atoms with Crippen LogP contribution in [0.3, 0.4) is 0 Å². The van der Waals surface area contributed by atoms with Crippen LogP contribution in [0, 0.1) is 11.8 Å². The van der Waals surface area contributed by atoms with Gasteiger partial charge in [0.25, 0.3) is 0 Å². The molecule has 0 radical (unpaired) electrons. The largest absolute Gasteiger partial charge is 0.444 e. The maximum atomic E-state index is 13.7. The fraction of sp³-hybridized carbons (Fsp3) is 0.500. The van der Waals surface area contributed by atoms with E-state index in [1.165, 1.54) is 28.6 Å². The number of carbonyl (C=O) groups excluding carboxylic acids is 1. The molecule has 3 atom stereocenters. The van der Waals surface area contributed by atoms with E-state index in [0.717, 1.165) is 5.56 Å². The Labute approximate surface area is 229 Å². The van der Waals surface area contributed by atoms with E-state index in [1.54, 1.807) is 0 Å². The predicted molar refractivity (Wildman–Crippen MR) is 148 cm³/mol. The standard InChI is InChI=1S/C26H38N3O8PS/c1-19(2)15-29(39(34,35)24-10-8-22(27)9-11-24)16-21(18-38(31,32)33)25(14-20-6-4-3-5-7-20)28-26(30)37-23-12-13-36-17-23/h3-11,19,21,23,25H,12-18,27H2,1-2H3,(H,28,30)(H2,31,32,33)/t21-,23-,25-/m0/s1. The summed E-state index contributed by atoms with van der Waals surface area (Å²) in [5, 5.41) is 2.77. The Hall–Kier alpha value is -2.47. The molecule has 1 fully saturated rings. The summed E-state index contributed by atoms with van der Waals surface area (Å²) >= 11 is 0. The highest BCUT2D eigenvalue weighted by Gasteiger charge is 2.36. The molecule has 2 aromatic carbocycles. The molecule has 1 heterocycles. The number of alkyl carbamates (subject to hydrolysis) is 1. The Morgan fingerprint density at radius 2 is 1.82 bits per heavy atom. The Morgan fingerprint density at radius 1 is 1.15 bits per heavy atom. The zero-order chi connectivity index (χ0) is 28.6. The van der Waals surface area contributed by atoms with Crippen LogP contribution in [-0.2, 0) is 30.5 Å². The van der Waals surface area contributed by atoms with Gasteiger partial charge in [0.05, 0.1) is 24.3 Å². The van der Waals surface area contributed by atoms with Crippen molar-refractivity contribution in [2.45, 2.75) is 43.7 Å². The van der Waals surface area contributed by atoms with Gasteiger partial charge in [0.2, 0.25) is 10.0 Å². The summed E-state index contributed by atoms with van der Waals surface area (Å²) in [5.74, 6) is -1.03. The number of nitrogens with zero attached hydrogens (tertiary/aromatic N) is 1. The van der Waals surface area contributed by atoms with E-state index in [-0.39, 0.29) is 36.9 Å². The SMILES string of the molecule is CC(C)CN(C[C@@H](CP(=O)(O)O)[C@H](Cc1ccccc1)NC(=O)O[C@H]1CCOC1)S(=O)(=O)c1ccc(N)cc1. The molecule has 3 rings (SSSR count). The van der Waals surface area contributed by atoms with Crippen LogP contribution < -0.4 is 11.1 Å². The number of benzene rings is 2. The summed E-state index contributed by atoms with van der Waals surface area (Å²) in [6, 6.07) is 14.0. The molecule has 1 amide bonds. The number of anilines is 1. The van der Waals surface area contributed by atoms with Gasteiger partial charge in [-0.05, 0) is 42.2 Å². The number of rotatable bonds is 13. The normalized spacial score (nSPS) is 17.7. The van der Waals surface area contributed by atoms with E-state index in [4.69, 9.17) is 15.2 Å². The van der Waals surface area contributed by atoms with Gasteiger partial charge in [-0.25, -0.2) is 13.2 Å². The molecule has 5 N–H and O–H groups in total. The molecule has 1 saturated heterocycles. The topological polar surface area (TPSA) is 168 Å². The van der Waals surface area contributed by atoms with Crippen molar-refractivity contribution in [2.75, 3.05) is 38.2 Å². The predicted octanol–water partition coefficient (Wildman–Crippen LogP) is 2.84. The third-order valence-electron chi connectivity index (χ3n) is 6.33. The van der Waals surface area contributed by atoms with Gasteiger partial charge in [-0.1, -0.05) is 44.2 Å². The van der Waals surface area contributed by atoms with Gasteiger partial charge in [0.1, 0.15) is 6.10 Å². The first-order chi connectivity index (χ1) is 18.3. The average Bonchev–Trinajstić information content (AvgIpc) is 3.35. The molecule has 11 nitrogen and oxygen atoms in total. The van der Waals surface area contributed by atoms with Crippen LogP contribution in [0.4, 0.5) is 10.5 Å². The molecular weight excluding hydrogens is 545 g/mol. The first-order valence-electron chi connectivity index (χ1n) is 12.8. The molecule has 0 aromatic heterocycles. The quantitative estimate of drug-likeness (QED) is 0.205. The van der Waals surface area contributed by atoms with Crippen molar-refractivity contribution in [3.8, 4) is 0 Å². The number of ether oxygens (including phenoxy) is 2. The maximum Gasteiger partial charge on any atom is 0.407 e. The van der Waals surface area contributed by atoms with Crippen LogP contribution >= 0.6 is 7.60 Å². The molecule has 0 saturated carbocycles. The molecule has 1 aliphatic rings. The highest BCUT2D eigenvalue weighted by Crippen LogP contribution is 2.39. The van der Waals surface area contributed by atoms with E-state index in [9.17, 15) is 27.6 Å². The maximum absolute atomic E-state index is 13.7. The van der Waals surface area contributed by atoms with Crippen molar-refractivity contribution >= 4 is 29.4 Å². The monoisotopic (exact) mass is 583 g/mol. The smallest absolute Gasteiger partial charge is 0.407 e. The average molecular weight is 584 g/mol. The minimum Gasteiger partial charge on any atom is -0.444 e. The minimum absolute atomic E-state index is 0.0143. The molecule has 0 spiro atoms. The van der Waals surface area contributed by atoms with Crippen LogP contribution in [-0.4, -0.2) is 73.2 Å². The molecule has 1 aliphatic heterocycles. The van der Waals surface area contributed by atoms with Crippen molar-refractivity contribution in [1.82, 2.24) is 9.62 Å². The molecule has 13 heteroatoms. The molecule has 216 valence electrons. The van der Waals surface area contributed by atoms with Crippen molar-refractivity contribution in [3.63, 3.8) is 0 Å². The lowest BCUT2D eigenvalue weighted by atomic mass is 9.94. The second kappa shape index (κ2) is 13.7. The number of nitrogens with one attached hydrogen (secondary N) is 1. The number of carbonyl (C=O) groups is 1. The summed E-state index contributed by atoms with van der Waals surface area (Å²) in [5.41, 5.74) is 6.95. The van der Waals surface area contributed by atoms with Gasteiger partial charge in [0.15, 0.2) is 0 Å². The van der Waals surface area contributed by atoms with Crippen LogP contribution in [0.15, 0.2) is 59.5 Å². The lowest BCUT2D eigenvalue weighted by Gasteiger charge is -2.33. The second-order valence-corrected chi connectivity index (χ2v) is 13.9. The molecule has 0 bridgehead atoms. The third-order valence-corrected chi connectivity index (χ3v) is 9.12. The summed E-state index contributed by atoms with van der Waals surface area (Å²) in [7, 11) is -8.68. The van der Waals surface area contributed by atoms with Gasteiger partial charge < -0.3 is 30.3 Å². The fourth-order valence-electron chi connectivity index (χ4n) is 4.49. The van der Waals surface area contributed by atoms with Crippen LogP contribution in [0.1, 0.15) is 25.8 Å². The van der Waals surface area contributed by atoms with E-state index in [2.05, 4.69) is 5.32 Å². The van der Waals surface area contributed by atoms with Crippen molar-refractivity contribution in [2.24, 2.45) is 11.8 Å². The van der Waals surface area contributed by atoms with Crippen LogP contribution in [0.5, 0.6) is 0 Å². The molecule has 0 unspecified atom stereocenters. The first-order valence-corrected chi connectivity index (χ1v) is 16.1. The molecular formula is C26H38N3O8PS. The Bertz CT molecular complexity index is 1220. The van der Waals surface area contributed by atoms with Gasteiger partial charge in [-0.2, -0.15) is 4.31 Å². The van der Waals surface area contributed by atoms with Crippen LogP contribution in [0.25, 0.3) is 0 Å². The summed E-state index contributed by atoms with van der Waals surface area (Å²) in [6.07, 6.45) is -1.06. The summed E-state index contributed by atoms with van der Waals surface area (Å²) in [4.78, 5) is 32.8. The third kappa shape index (κ3) is 9.90. The number of sulfonamides is 1. The molecule has 0 aliphatic carbocycles. The van der Waals surface area contributed by atoms with Gasteiger partial charge in [0, 0.05) is 37.2 Å². The lowest BCUT2D eigenvalue weighted by Crippen LogP contribution is -2.49. The van der Waals surface area contributed by atoms with Crippen molar-refractivity contribution in [3.05, 3.63) is 60.2 Å². The van der Waals surface area contributed by atoms with E-state index < -0.39 is 47.9 Å². The van der Waals surface area contributed by atoms with Crippen molar-refractivity contribution in [1.29, 1.82) is 0 Å². The number of nitrogens with two attached hydrogens (primary N) is 1. The van der Waals surface area contributed by atoms with Gasteiger partial charge in [-0.3, -0.25) is 4.57 Å². The van der Waals surface area contributed by atoms with E-state index in [1.807, 2.05) is 44.2 Å². The van der Waals surface area contributed by atoms with Crippen LogP contribution in [0.2, 0.25) is 0 Å². The zero-order valence-corrected chi connectivity index (χ0v) is 23.9. The second-order valence-electron chi connectivity index (χ2n) is 10.2. The summed E-state index contributed by atoms with van der Waals surface area (Å²) in [6.45, 7) is 4.31. The summed E-state index contributed by atoms with van der Waals surface area (Å²) < 4.78 is 51.6. The lowest BCUT2D eigenvalue weighted by molar-refractivity contribution is 0.0784. The Morgan fingerprint density at radius 3 is 2.38 bits per heavy atom. The van der Waals surface area contributed by atoms with Gasteiger partial charge >= 0.3 is 13.7 Å². The van der Waals surface area contributed by atoms with Gasteiger partial charge in [-0.15, -0.1) is 0 Å². The Kier molecular flexibility index (Phi) is 10.9. The molecule has 39 heavy (non-hydrogen) atoms. The highest BCUT2D eigenvalue weighted by atomic mass is 32.2. The fourth-order valence-corrected chi connectivity index (χ4v) is 7.13. The first kappa shape index (κ1) is 31.1.